The Labute approximate surface area is 123 Å². The van der Waals surface area contributed by atoms with Gasteiger partial charge in [0, 0.05) is 25.8 Å². The first-order valence-corrected chi connectivity index (χ1v) is 6.87. The molecule has 0 aliphatic heterocycles. The van der Waals surface area contributed by atoms with Gasteiger partial charge in [-0.25, -0.2) is 0 Å². The number of hydrogen-bond acceptors (Lipinski definition) is 2. The molecule has 0 saturated heterocycles. The average Bonchev–Trinajstić information content (AvgIpc) is 2.40. The highest BCUT2D eigenvalue weighted by atomic mass is 35.5. The first-order valence-electron chi connectivity index (χ1n) is 6.12. The van der Waals surface area contributed by atoms with Crippen molar-refractivity contribution in [2.45, 2.75) is 13.3 Å². The van der Waals surface area contributed by atoms with Gasteiger partial charge < -0.3 is 10.1 Å². The second-order valence-electron chi connectivity index (χ2n) is 3.85. The van der Waals surface area contributed by atoms with Crippen LogP contribution in [0.1, 0.15) is 18.9 Å². The van der Waals surface area contributed by atoms with Gasteiger partial charge >= 0.3 is 0 Å². The fourth-order valence-corrected chi connectivity index (χ4v) is 1.68. The second kappa shape index (κ2) is 8.97. The minimum absolute atomic E-state index is 0.137. The van der Waals surface area contributed by atoms with Crippen molar-refractivity contribution in [3.05, 3.63) is 39.9 Å². The van der Waals surface area contributed by atoms with E-state index in [1.165, 1.54) is 6.08 Å². The van der Waals surface area contributed by atoms with Gasteiger partial charge in [0.05, 0.1) is 10.0 Å². The summed E-state index contributed by atoms with van der Waals surface area (Å²) < 4.78 is 5.17. The van der Waals surface area contributed by atoms with Gasteiger partial charge in [-0.2, -0.15) is 0 Å². The largest absolute Gasteiger partial charge is 0.382 e. The fraction of sp³-hybridized carbons (Fsp3) is 0.357. The lowest BCUT2D eigenvalue weighted by molar-refractivity contribution is -0.116. The van der Waals surface area contributed by atoms with Crippen molar-refractivity contribution in [3.8, 4) is 0 Å². The quantitative estimate of drug-likeness (QED) is 0.618. The average molecular weight is 302 g/mol. The monoisotopic (exact) mass is 301 g/mol. The van der Waals surface area contributed by atoms with Crippen LogP contribution in [0, 0.1) is 0 Å². The maximum absolute atomic E-state index is 11.5. The van der Waals surface area contributed by atoms with E-state index in [-0.39, 0.29) is 5.91 Å². The Morgan fingerprint density at radius 2 is 2.16 bits per heavy atom. The lowest BCUT2D eigenvalue weighted by Crippen LogP contribution is -2.23. The number of nitrogens with one attached hydrogen (secondary N) is 1. The third-order valence-electron chi connectivity index (χ3n) is 2.34. The molecule has 0 radical (unpaired) electrons. The number of amides is 1. The first-order chi connectivity index (χ1) is 9.13. The second-order valence-corrected chi connectivity index (χ2v) is 4.66. The molecule has 0 unspecified atom stereocenters. The molecule has 0 saturated carbocycles. The van der Waals surface area contributed by atoms with Crippen LogP contribution in [0.25, 0.3) is 6.08 Å². The van der Waals surface area contributed by atoms with Gasteiger partial charge in [0.15, 0.2) is 0 Å². The van der Waals surface area contributed by atoms with Crippen LogP contribution in [0.3, 0.4) is 0 Å². The number of rotatable bonds is 7. The third kappa shape index (κ3) is 6.62. The van der Waals surface area contributed by atoms with Gasteiger partial charge in [-0.1, -0.05) is 29.3 Å². The summed E-state index contributed by atoms with van der Waals surface area (Å²) in [6, 6.07) is 5.21. The van der Waals surface area contributed by atoms with Gasteiger partial charge in [0.1, 0.15) is 0 Å². The minimum Gasteiger partial charge on any atom is -0.382 e. The molecule has 5 heteroatoms. The molecule has 1 aromatic carbocycles. The van der Waals surface area contributed by atoms with Crippen molar-refractivity contribution in [2.75, 3.05) is 19.8 Å². The van der Waals surface area contributed by atoms with Crippen molar-refractivity contribution >= 4 is 35.2 Å². The maximum atomic E-state index is 11.5. The number of carbonyl (C=O) groups excluding carboxylic acids is 1. The van der Waals surface area contributed by atoms with E-state index in [1.54, 1.807) is 24.3 Å². The van der Waals surface area contributed by atoms with E-state index < -0.39 is 0 Å². The smallest absolute Gasteiger partial charge is 0.244 e. The summed E-state index contributed by atoms with van der Waals surface area (Å²) in [5.41, 5.74) is 0.832. The van der Waals surface area contributed by atoms with E-state index in [9.17, 15) is 4.79 Å². The zero-order valence-corrected chi connectivity index (χ0v) is 12.3. The van der Waals surface area contributed by atoms with Crippen LogP contribution in [0.5, 0.6) is 0 Å². The van der Waals surface area contributed by atoms with Crippen molar-refractivity contribution < 1.29 is 9.53 Å². The van der Waals surface area contributed by atoms with Crippen molar-refractivity contribution in [1.29, 1.82) is 0 Å². The molecule has 0 bridgehead atoms. The number of benzene rings is 1. The molecule has 1 amide bonds. The Kier molecular flexibility index (Phi) is 7.56. The zero-order chi connectivity index (χ0) is 14.1. The summed E-state index contributed by atoms with van der Waals surface area (Å²) in [4.78, 5) is 11.5. The van der Waals surface area contributed by atoms with Crippen LogP contribution in [0.4, 0.5) is 0 Å². The van der Waals surface area contributed by atoms with Crippen LogP contribution < -0.4 is 5.32 Å². The molecule has 104 valence electrons. The van der Waals surface area contributed by atoms with E-state index >= 15 is 0 Å². The van der Waals surface area contributed by atoms with Crippen molar-refractivity contribution in [2.24, 2.45) is 0 Å². The van der Waals surface area contributed by atoms with Crippen LogP contribution >= 0.6 is 23.2 Å². The molecule has 0 spiro atoms. The zero-order valence-electron chi connectivity index (χ0n) is 10.8. The highest BCUT2D eigenvalue weighted by Crippen LogP contribution is 2.22. The lowest BCUT2D eigenvalue weighted by atomic mass is 10.2. The van der Waals surface area contributed by atoms with Crippen LogP contribution in [0.2, 0.25) is 10.0 Å². The molecule has 0 aromatic heterocycles. The third-order valence-corrected chi connectivity index (χ3v) is 3.08. The molecule has 1 aromatic rings. The highest BCUT2D eigenvalue weighted by Gasteiger charge is 1.98. The summed E-state index contributed by atoms with van der Waals surface area (Å²) in [6.45, 7) is 3.90. The molecule has 0 fully saturated rings. The molecule has 19 heavy (non-hydrogen) atoms. The molecule has 3 nitrogen and oxygen atoms in total. The Balaban J connectivity index is 2.34. The predicted molar refractivity (Wildman–Crippen MR) is 79.6 cm³/mol. The van der Waals surface area contributed by atoms with Gasteiger partial charge in [-0.15, -0.1) is 0 Å². The summed E-state index contributed by atoms with van der Waals surface area (Å²) in [5.74, 6) is -0.137. The van der Waals surface area contributed by atoms with E-state index in [2.05, 4.69) is 5.32 Å². The normalized spacial score (nSPS) is 10.9. The van der Waals surface area contributed by atoms with E-state index in [0.717, 1.165) is 12.0 Å². The molecule has 1 N–H and O–H groups in total. The van der Waals surface area contributed by atoms with Crippen molar-refractivity contribution in [3.63, 3.8) is 0 Å². The summed E-state index contributed by atoms with van der Waals surface area (Å²) >= 11 is 11.7. The number of ether oxygens (including phenoxy) is 1. The van der Waals surface area contributed by atoms with Crippen LogP contribution in [-0.2, 0) is 9.53 Å². The van der Waals surface area contributed by atoms with Gasteiger partial charge in [0.2, 0.25) is 5.91 Å². The topological polar surface area (TPSA) is 38.3 Å². The van der Waals surface area contributed by atoms with E-state index in [0.29, 0.717) is 29.8 Å². The maximum Gasteiger partial charge on any atom is 0.244 e. The minimum atomic E-state index is -0.137. The summed E-state index contributed by atoms with van der Waals surface area (Å²) in [6.07, 6.45) is 3.97. The number of carbonyl (C=O) groups is 1. The summed E-state index contributed by atoms with van der Waals surface area (Å²) in [7, 11) is 0. The fourth-order valence-electron chi connectivity index (χ4n) is 1.38. The number of hydrogen-bond donors (Lipinski definition) is 1. The van der Waals surface area contributed by atoms with E-state index in [1.807, 2.05) is 6.92 Å². The Hall–Kier alpha value is -1.03. The molecule has 0 aliphatic carbocycles. The van der Waals surface area contributed by atoms with Gasteiger partial charge in [0.25, 0.3) is 0 Å². The summed E-state index contributed by atoms with van der Waals surface area (Å²) in [5, 5.41) is 3.75. The SMILES string of the molecule is CCOCCCNC(=O)C=Cc1ccc(Cl)c(Cl)c1. The standard InChI is InChI=1S/C14H17Cl2NO2/c1-2-19-9-3-8-17-14(18)7-5-11-4-6-12(15)13(16)10-11/h4-7,10H,2-3,8-9H2,1H3,(H,17,18). The molecule has 0 aliphatic rings. The first kappa shape index (κ1) is 16.0. The lowest BCUT2D eigenvalue weighted by Gasteiger charge is -2.02. The Morgan fingerprint density at radius 1 is 1.37 bits per heavy atom. The Morgan fingerprint density at radius 3 is 2.84 bits per heavy atom. The molecular formula is C14H17Cl2NO2. The molecule has 0 heterocycles. The molecule has 0 atom stereocenters. The van der Waals surface area contributed by atoms with Gasteiger partial charge in [-0.05, 0) is 37.1 Å². The van der Waals surface area contributed by atoms with Crippen molar-refractivity contribution in [1.82, 2.24) is 5.32 Å². The van der Waals surface area contributed by atoms with Gasteiger partial charge in [-0.3, -0.25) is 4.79 Å². The predicted octanol–water partition coefficient (Wildman–Crippen LogP) is 3.55. The molecular weight excluding hydrogens is 285 g/mol. The van der Waals surface area contributed by atoms with E-state index in [4.69, 9.17) is 27.9 Å². The highest BCUT2D eigenvalue weighted by molar-refractivity contribution is 6.42. The van der Waals surface area contributed by atoms with Crippen LogP contribution in [0.15, 0.2) is 24.3 Å². The number of halogens is 2. The molecule has 1 rings (SSSR count). The Bertz CT molecular complexity index is 447. The van der Waals surface area contributed by atoms with Crippen LogP contribution in [-0.4, -0.2) is 25.7 Å².